The number of furan rings is 1. The summed E-state index contributed by atoms with van der Waals surface area (Å²) < 4.78 is 6.31. The lowest BCUT2D eigenvalue weighted by Crippen LogP contribution is -2.17. The van der Waals surface area contributed by atoms with Crippen LogP contribution in [0.2, 0.25) is 0 Å². The monoisotopic (exact) mass is 590 g/mol. The molecule has 0 fully saturated rings. The summed E-state index contributed by atoms with van der Waals surface area (Å²) in [5.74, 6) is 0.736. The zero-order valence-electron chi connectivity index (χ0n) is 25.7. The number of benzene rings is 6. The van der Waals surface area contributed by atoms with Crippen molar-refractivity contribution in [3.05, 3.63) is 157 Å². The van der Waals surface area contributed by atoms with Gasteiger partial charge in [0.25, 0.3) is 0 Å². The summed E-state index contributed by atoms with van der Waals surface area (Å²) in [5.41, 5.74) is 13.9. The van der Waals surface area contributed by atoms with E-state index in [2.05, 4.69) is 147 Å². The topological polar surface area (TPSA) is 38.9 Å². The highest BCUT2D eigenvalue weighted by atomic mass is 16.3. The first-order valence-electron chi connectivity index (χ1n) is 15.8. The Morgan fingerprint density at radius 1 is 0.478 bits per heavy atom. The van der Waals surface area contributed by atoms with Crippen molar-refractivity contribution < 1.29 is 4.42 Å². The van der Waals surface area contributed by atoms with Crippen LogP contribution in [-0.2, 0) is 5.41 Å². The summed E-state index contributed by atoms with van der Waals surface area (Å²) in [6.07, 6.45) is 0. The maximum absolute atomic E-state index is 6.31. The van der Waals surface area contributed by atoms with E-state index in [1.807, 2.05) is 12.1 Å². The fourth-order valence-electron chi connectivity index (χ4n) is 7.21. The third-order valence-corrected chi connectivity index (χ3v) is 9.49. The zero-order valence-corrected chi connectivity index (χ0v) is 25.7. The Kier molecular flexibility index (Phi) is 5.85. The van der Waals surface area contributed by atoms with E-state index in [0.29, 0.717) is 0 Å². The van der Waals surface area contributed by atoms with Gasteiger partial charge in [-0.3, -0.25) is 0 Å². The van der Waals surface area contributed by atoms with Crippen molar-refractivity contribution in [2.45, 2.75) is 19.3 Å². The molecule has 0 saturated carbocycles. The molecule has 0 N–H and O–H groups in total. The summed E-state index contributed by atoms with van der Waals surface area (Å²) in [4.78, 5) is 10.5. The number of fused-ring (bicyclic) bond motifs is 6. The minimum Gasteiger partial charge on any atom is -0.455 e. The van der Waals surface area contributed by atoms with Gasteiger partial charge in [-0.25, -0.2) is 9.97 Å². The smallest absolute Gasteiger partial charge is 0.160 e. The normalized spacial score (nSPS) is 13.2. The molecule has 0 atom stereocenters. The highest BCUT2D eigenvalue weighted by molar-refractivity contribution is 6.09. The molecule has 0 aliphatic heterocycles. The Labute approximate surface area is 267 Å². The van der Waals surface area contributed by atoms with E-state index in [1.165, 1.54) is 16.7 Å². The third-order valence-electron chi connectivity index (χ3n) is 9.49. The Balaban J connectivity index is 1.14. The average Bonchev–Trinajstić information content (AvgIpc) is 3.61. The molecule has 46 heavy (non-hydrogen) atoms. The maximum atomic E-state index is 6.31. The van der Waals surface area contributed by atoms with Crippen molar-refractivity contribution in [3.63, 3.8) is 0 Å². The van der Waals surface area contributed by atoms with Crippen molar-refractivity contribution in [1.82, 2.24) is 9.97 Å². The Morgan fingerprint density at radius 3 is 1.98 bits per heavy atom. The molecule has 2 heterocycles. The van der Waals surface area contributed by atoms with Crippen LogP contribution in [0.5, 0.6) is 0 Å². The largest absolute Gasteiger partial charge is 0.455 e. The molecule has 6 aromatic carbocycles. The van der Waals surface area contributed by atoms with Crippen LogP contribution in [0.15, 0.2) is 150 Å². The van der Waals surface area contributed by atoms with Gasteiger partial charge in [0.15, 0.2) is 5.82 Å². The van der Waals surface area contributed by atoms with Gasteiger partial charge in [-0.15, -0.1) is 0 Å². The van der Waals surface area contributed by atoms with Gasteiger partial charge in [-0.2, -0.15) is 0 Å². The van der Waals surface area contributed by atoms with Crippen LogP contribution in [0.3, 0.4) is 0 Å². The van der Waals surface area contributed by atoms with Crippen LogP contribution in [-0.4, -0.2) is 9.97 Å². The predicted octanol–water partition coefficient (Wildman–Crippen LogP) is 11.4. The highest BCUT2D eigenvalue weighted by Gasteiger charge is 2.39. The summed E-state index contributed by atoms with van der Waals surface area (Å²) in [7, 11) is 0. The maximum Gasteiger partial charge on any atom is 0.160 e. The molecule has 0 spiro atoms. The van der Waals surface area contributed by atoms with Crippen molar-refractivity contribution in [2.24, 2.45) is 0 Å². The first-order chi connectivity index (χ1) is 22.6. The van der Waals surface area contributed by atoms with Crippen LogP contribution in [0, 0.1) is 0 Å². The molecule has 3 heteroatoms. The van der Waals surface area contributed by atoms with Gasteiger partial charge in [0.1, 0.15) is 11.2 Å². The molecular formula is C43H30N2O. The van der Waals surface area contributed by atoms with E-state index in [4.69, 9.17) is 14.4 Å². The average molecular weight is 591 g/mol. The van der Waals surface area contributed by atoms with Gasteiger partial charge < -0.3 is 4.42 Å². The fraction of sp³-hybridized carbons (Fsp3) is 0.0698. The molecule has 0 radical (unpaired) electrons. The number of rotatable bonds is 4. The van der Waals surface area contributed by atoms with Crippen LogP contribution < -0.4 is 0 Å². The summed E-state index contributed by atoms with van der Waals surface area (Å²) >= 11 is 0. The molecule has 0 bridgehead atoms. The Bertz CT molecular complexity index is 2440. The Morgan fingerprint density at radius 2 is 1.11 bits per heavy atom. The molecule has 2 aromatic heterocycles. The van der Waals surface area contributed by atoms with Crippen LogP contribution in [0.1, 0.15) is 25.0 Å². The summed E-state index contributed by atoms with van der Waals surface area (Å²) in [6, 6.07) is 51.1. The van der Waals surface area contributed by atoms with Crippen molar-refractivity contribution in [1.29, 1.82) is 0 Å². The molecule has 1 aliphatic carbocycles. The minimum absolute atomic E-state index is 0.202. The van der Waals surface area contributed by atoms with E-state index >= 15 is 0 Å². The van der Waals surface area contributed by atoms with Gasteiger partial charge >= 0.3 is 0 Å². The van der Waals surface area contributed by atoms with Crippen LogP contribution in [0.4, 0.5) is 0 Å². The Hall–Kier alpha value is -5.80. The van der Waals surface area contributed by atoms with Crippen molar-refractivity contribution in [3.8, 4) is 56.2 Å². The highest BCUT2D eigenvalue weighted by Crippen LogP contribution is 2.51. The van der Waals surface area contributed by atoms with E-state index in [1.54, 1.807) is 0 Å². The number of para-hydroxylation sites is 2. The lowest BCUT2D eigenvalue weighted by molar-refractivity contribution is 0.658. The lowest BCUT2D eigenvalue weighted by Gasteiger charge is -2.23. The van der Waals surface area contributed by atoms with E-state index in [-0.39, 0.29) is 5.41 Å². The van der Waals surface area contributed by atoms with Crippen LogP contribution >= 0.6 is 0 Å². The fourth-order valence-corrected chi connectivity index (χ4v) is 7.21. The van der Waals surface area contributed by atoms with E-state index in [0.717, 1.165) is 72.5 Å². The van der Waals surface area contributed by atoms with Crippen molar-refractivity contribution in [2.75, 3.05) is 0 Å². The lowest BCUT2D eigenvalue weighted by atomic mass is 9.81. The molecular weight excluding hydrogens is 560 g/mol. The molecule has 3 nitrogen and oxygen atoms in total. The van der Waals surface area contributed by atoms with Gasteiger partial charge in [-0.1, -0.05) is 147 Å². The van der Waals surface area contributed by atoms with Crippen molar-refractivity contribution >= 4 is 21.9 Å². The SMILES string of the molecule is CC1(C)c2ccccc2-c2nc(-c3cccc(-c4ccc(-c5cccc6c5oc5ccccc56)cc4)c3)nc(-c3ccccc3)c21. The second kappa shape index (κ2) is 10.1. The molecule has 0 saturated heterocycles. The van der Waals surface area contributed by atoms with Gasteiger partial charge in [0.05, 0.1) is 11.4 Å². The molecule has 1 aliphatic rings. The van der Waals surface area contributed by atoms with Gasteiger partial charge in [0, 0.05) is 44.0 Å². The predicted molar refractivity (Wildman–Crippen MR) is 189 cm³/mol. The molecule has 9 rings (SSSR count). The third kappa shape index (κ3) is 4.05. The van der Waals surface area contributed by atoms with E-state index < -0.39 is 0 Å². The first kappa shape index (κ1) is 26.6. The zero-order chi connectivity index (χ0) is 30.8. The molecule has 0 unspecified atom stereocenters. The number of hydrogen-bond donors (Lipinski definition) is 0. The number of nitrogens with zero attached hydrogens (tertiary/aromatic N) is 2. The number of aromatic nitrogens is 2. The standard InChI is InChI=1S/C43H30N2O/c1-43(2)36-20-8-6-17-35(36)40-38(43)39(29-12-4-3-5-13-29)44-42(45-40)31-15-10-14-30(26-31)27-22-24-28(25-23-27)32-18-11-19-34-33-16-7-9-21-37(33)46-41(32)34/h3-26H,1-2H3. The second-order valence-corrected chi connectivity index (χ2v) is 12.6. The molecule has 0 amide bonds. The summed E-state index contributed by atoms with van der Waals surface area (Å²) in [6.45, 7) is 4.57. The second-order valence-electron chi connectivity index (χ2n) is 12.6. The van der Waals surface area contributed by atoms with Gasteiger partial charge in [-0.05, 0) is 34.4 Å². The minimum atomic E-state index is -0.202. The molecule has 8 aromatic rings. The summed E-state index contributed by atoms with van der Waals surface area (Å²) in [5, 5.41) is 2.28. The quantitative estimate of drug-likeness (QED) is 0.205. The van der Waals surface area contributed by atoms with Gasteiger partial charge in [0.2, 0.25) is 0 Å². The van der Waals surface area contributed by atoms with Crippen LogP contribution in [0.25, 0.3) is 78.1 Å². The number of hydrogen-bond acceptors (Lipinski definition) is 3. The van der Waals surface area contributed by atoms with E-state index in [9.17, 15) is 0 Å². The molecule has 218 valence electrons. The first-order valence-corrected chi connectivity index (χ1v) is 15.8.